The van der Waals surface area contributed by atoms with Crippen molar-refractivity contribution in [3.8, 4) is 11.3 Å². The SMILES string of the molecule is Cc1ccc(-c2cc(C(=O)Nc3ccc(C(F)(F)F)cc3)[nH]n2)cc1. The van der Waals surface area contributed by atoms with E-state index < -0.39 is 17.6 Å². The highest BCUT2D eigenvalue weighted by atomic mass is 19.4. The van der Waals surface area contributed by atoms with Crippen molar-refractivity contribution >= 4 is 11.6 Å². The second-order valence-electron chi connectivity index (χ2n) is 5.56. The molecule has 0 saturated carbocycles. The number of carbonyl (C=O) groups is 1. The molecule has 0 unspecified atom stereocenters. The number of H-pyrrole nitrogens is 1. The van der Waals surface area contributed by atoms with Crippen molar-refractivity contribution in [2.75, 3.05) is 5.32 Å². The molecule has 4 nitrogen and oxygen atoms in total. The minimum absolute atomic E-state index is 0.218. The van der Waals surface area contributed by atoms with Crippen LogP contribution >= 0.6 is 0 Å². The fraction of sp³-hybridized carbons (Fsp3) is 0.111. The maximum atomic E-state index is 12.5. The molecule has 0 fully saturated rings. The number of anilines is 1. The number of halogens is 3. The van der Waals surface area contributed by atoms with Crippen LogP contribution in [0.25, 0.3) is 11.3 Å². The third kappa shape index (κ3) is 3.88. The van der Waals surface area contributed by atoms with Gasteiger partial charge in [-0.1, -0.05) is 29.8 Å². The first-order valence-corrected chi connectivity index (χ1v) is 7.44. The Morgan fingerprint density at radius 3 is 2.28 bits per heavy atom. The van der Waals surface area contributed by atoms with E-state index in [1.165, 1.54) is 12.1 Å². The molecule has 128 valence electrons. The summed E-state index contributed by atoms with van der Waals surface area (Å²) in [6, 6.07) is 13.5. The van der Waals surface area contributed by atoms with Crippen LogP contribution in [0.4, 0.5) is 18.9 Å². The van der Waals surface area contributed by atoms with Crippen LogP contribution < -0.4 is 5.32 Å². The van der Waals surface area contributed by atoms with Gasteiger partial charge in [0.2, 0.25) is 0 Å². The Bertz CT molecular complexity index is 881. The predicted molar refractivity (Wildman–Crippen MR) is 88.2 cm³/mol. The summed E-state index contributed by atoms with van der Waals surface area (Å²) in [6.45, 7) is 1.97. The summed E-state index contributed by atoms with van der Waals surface area (Å²) in [5, 5.41) is 9.26. The molecular formula is C18H14F3N3O. The zero-order valence-corrected chi connectivity index (χ0v) is 13.2. The van der Waals surface area contributed by atoms with Crippen molar-refractivity contribution in [3.05, 3.63) is 71.4 Å². The molecule has 0 atom stereocenters. The van der Waals surface area contributed by atoms with Crippen LogP contribution in [0.5, 0.6) is 0 Å². The Hall–Kier alpha value is -3.09. The van der Waals surface area contributed by atoms with E-state index in [4.69, 9.17) is 0 Å². The summed E-state index contributed by atoms with van der Waals surface area (Å²) in [4.78, 5) is 12.2. The van der Waals surface area contributed by atoms with Crippen LogP contribution in [-0.4, -0.2) is 16.1 Å². The number of hydrogen-bond donors (Lipinski definition) is 2. The second-order valence-corrected chi connectivity index (χ2v) is 5.56. The van der Waals surface area contributed by atoms with E-state index in [0.717, 1.165) is 23.3 Å². The number of aryl methyl sites for hydroxylation is 1. The smallest absolute Gasteiger partial charge is 0.321 e. The Morgan fingerprint density at radius 1 is 1.04 bits per heavy atom. The van der Waals surface area contributed by atoms with Gasteiger partial charge >= 0.3 is 6.18 Å². The first kappa shape index (κ1) is 16.8. The molecule has 0 radical (unpaired) electrons. The van der Waals surface area contributed by atoms with Crippen LogP contribution in [0.15, 0.2) is 54.6 Å². The number of nitrogens with zero attached hydrogens (tertiary/aromatic N) is 1. The first-order valence-electron chi connectivity index (χ1n) is 7.44. The summed E-state index contributed by atoms with van der Waals surface area (Å²) in [5.41, 5.74) is 2.29. The largest absolute Gasteiger partial charge is 0.416 e. The van der Waals surface area contributed by atoms with Crippen molar-refractivity contribution < 1.29 is 18.0 Å². The molecule has 0 bridgehead atoms. The van der Waals surface area contributed by atoms with E-state index in [1.807, 2.05) is 31.2 Å². The summed E-state index contributed by atoms with van der Waals surface area (Å²) >= 11 is 0. The zero-order valence-electron chi connectivity index (χ0n) is 13.2. The zero-order chi connectivity index (χ0) is 18.0. The van der Waals surface area contributed by atoms with Crippen LogP contribution in [0.3, 0.4) is 0 Å². The van der Waals surface area contributed by atoms with Gasteiger partial charge in [-0.25, -0.2) is 0 Å². The summed E-state index contributed by atoms with van der Waals surface area (Å²) in [7, 11) is 0. The molecule has 0 aliphatic heterocycles. The monoisotopic (exact) mass is 345 g/mol. The van der Waals surface area contributed by atoms with Gasteiger partial charge in [0.15, 0.2) is 0 Å². The number of benzene rings is 2. The molecule has 0 saturated heterocycles. The molecule has 0 aliphatic rings. The second kappa shape index (κ2) is 6.43. The van der Waals surface area contributed by atoms with E-state index in [2.05, 4.69) is 15.5 Å². The number of amides is 1. The van der Waals surface area contributed by atoms with E-state index in [9.17, 15) is 18.0 Å². The van der Waals surface area contributed by atoms with Gasteiger partial charge in [0, 0.05) is 11.3 Å². The van der Waals surface area contributed by atoms with Crippen molar-refractivity contribution in [1.29, 1.82) is 0 Å². The number of aromatic amines is 1. The van der Waals surface area contributed by atoms with Gasteiger partial charge in [0.1, 0.15) is 5.69 Å². The first-order chi connectivity index (χ1) is 11.8. The van der Waals surface area contributed by atoms with E-state index in [-0.39, 0.29) is 11.4 Å². The highest BCUT2D eigenvalue weighted by molar-refractivity contribution is 6.03. The lowest BCUT2D eigenvalue weighted by Crippen LogP contribution is -2.12. The molecular weight excluding hydrogens is 331 g/mol. The average Bonchev–Trinajstić information content (AvgIpc) is 3.05. The van der Waals surface area contributed by atoms with E-state index in [1.54, 1.807) is 6.07 Å². The highest BCUT2D eigenvalue weighted by Gasteiger charge is 2.30. The molecule has 2 aromatic carbocycles. The number of aromatic nitrogens is 2. The normalized spacial score (nSPS) is 11.4. The number of hydrogen-bond acceptors (Lipinski definition) is 2. The Balaban J connectivity index is 1.72. The number of rotatable bonds is 3. The molecule has 3 aromatic rings. The number of carbonyl (C=O) groups excluding carboxylic acids is 1. The Labute approximate surface area is 141 Å². The number of alkyl halides is 3. The molecule has 2 N–H and O–H groups in total. The molecule has 25 heavy (non-hydrogen) atoms. The van der Waals surface area contributed by atoms with Crippen molar-refractivity contribution in [1.82, 2.24) is 10.2 Å². The summed E-state index contributed by atoms with van der Waals surface area (Å²) in [6.07, 6.45) is -4.41. The molecule has 0 aliphatic carbocycles. The topological polar surface area (TPSA) is 57.8 Å². The van der Waals surface area contributed by atoms with Gasteiger partial charge in [0.25, 0.3) is 5.91 Å². The lowest BCUT2D eigenvalue weighted by Gasteiger charge is -2.08. The molecule has 1 amide bonds. The van der Waals surface area contributed by atoms with Gasteiger partial charge < -0.3 is 5.32 Å². The molecule has 1 heterocycles. The van der Waals surface area contributed by atoms with Crippen LogP contribution in [0, 0.1) is 6.92 Å². The minimum Gasteiger partial charge on any atom is -0.321 e. The fourth-order valence-electron chi connectivity index (χ4n) is 2.25. The Morgan fingerprint density at radius 2 is 1.68 bits per heavy atom. The van der Waals surface area contributed by atoms with Crippen LogP contribution in [0.2, 0.25) is 0 Å². The van der Waals surface area contributed by atoms with Gasteiger partial charge in [-0.15, -0.1) is 0 Å². The summed E-state index contributed by atoms with van der Waals surface area (Å²) in [5.74, 6) is -0.481. The predicted octanol–water partition coefficient (Wildman–Crippen LogP) is 4.66. The van der Waals surface area contributed by atoms with Crippen LogP contribution in [-0.2, 0) is 6.18 Å². The quantitative estimate of drug-likeness (QED) is 0.725. The third-order valence-corrected chi connectivity index (χ3v) is 3.64. The summed E-state index contributed by atoms with van der Waals surface area (Å²) < 4.78 is 37.6. The van der Waals surface area contributed by atoms with E-state index >= 15 is 0 Å². The lowest BCUT2D eigenvalue weighted by atomic mass is 10.1. The van der Waals surface area contributed by atoms with Gasteiger partial charge in [-0.2, -0.15) is 18.3 Å². The average molecular weight is 345 g/mol. The van der Waals surface area contributed by atoms with Crippen molar-refractivity contribution in [2.45, 2.75) is 13.1 Å². The third-order valence-electron chi connectivity index (χ3n) is 3.64. The maximum absolute atomic E-state index is 12.5. The maximum Gasteiger partial charge on any atom is 0.416 e. The Kier molecular flexibility index (Phi) is 4.31. The standard InChI is InChI=1S/C18H14F3N3O/c1-11-2-4-12(5-3-11)15-10-16(24-23-15)17(25)22-14-8-6-13(7-9-14)18(19,20)21/h2-10H,1H3,(H,22,25)(H,23,24). The van der Waals surface area contributed by atoms with Crippen molar-refractivity contribution in [2.24, 2.45) is 0 Å². The van der Waals surface area contributed by atoms with Gasteiger partial charge in [-0.05, 0) is 37.3 Å². The van der Waals surface area contributed by atoms with Crippen LogP contribution in [0.1, 0.15) is 21.6 Å². The van der Waals surface area contributed by atoms with Crippen molar-refractivity contribution in [3.63, 3.8) is 0 Å². The molecule has 3 rings (SSSR count). The highest BCUT2D eigenvalue weighted by Crippen LogP contribution is 2.29. The van der Waals surface area contributed by atoms with E-state index in [0.29, 0.717) is 5.69 Å². The molecule has 7 heteroatoms. The minimum atomic E-state index is -4.41. The fourth-order valence-corrected chi connectivity index (χ4v) is 2.25. The molecule has 1 aromatic heterocycles. The number of nitrogens with one attached hydrogen (secondary N) is 2. The van der Waals surface area contributed by atoms with Gasteiger partial charge in [0.05, 0.1) is 11.3 Å². The lowest BCUT2D eigenvalue weighted by molar-refractivity contribution is -0.137. The van der Waals surface area contributed by atoms with Gasteiger partial charge in [-0.3, -0.25) is 9.89 Å². The molecule has 0 spiro atoms.